The number of benzene rings is 1. The summed E-state index contributed by atoms with van der Waals surface area (Å²) in [5.74, 6) is 2.27. The summed E-state index contributed by atoms with van der Waals surface area (Å²) >= 11 is 1.94. The van der Waals surface area contributed by atoms with Crippen LogP contribution < -0.4 is 11.1 Å². The molecule has 98 valence electrons. The summed E-state index contributed by atoms with van der Waals surface area (Å²) in [6, 6.07) is 5.58. The van der Waals surface area contributed by atoms with E-state index < -0.39 is 0 Å². The maximum atomic E-state index is 11.9. The molecule has 0 unspecified atom stereocenters. The molecule has 0 atom stereocenters. The van der Waals surface area contributed by atoms with E-state index in [0.717, 1.165) is 35.8 Å². The third kappa shape index (κ3) is 3.40. The molecule has 18 heavy (non-hydrogen) atoms. The molecule has 0 radical (unpaired) electrons. The fraction of sp³-hybridized carbons (Fsp3) is 0.462. The Morgan fingerprint density at radius 1 is 1.44 bits per heavy atom. The van der Waals surface area contributed by atoms with Gasteiger partial charge in [0.15, 0.2) is 0 Å². The lowest BCUT2D eigenvalue weighted by molar-refractivity contribution is -0.117. The lowest BCUT2D eigenvalue weighted by Crippen LogP contribution is -2.38. The lowest BCUT2D eigenvalue weighted by atomic mass is 10.1. The van der Waals surface area contributed by atoms with Gasteiger partial charge in [-0.25, -0.2) is 0 Å². The molecule has 1 aliphatic rings. The number of hydrogen-bond donors (Lipinski definition) is 2. The topological polar surface area (TPSA) is 58.4 Å². The highest BCUT2D eigenvalue weighted by Crippen LogP contribution is 2.20. The van der Waals surface area contributed by atoms with Crippen molar-refractivity contribution in [1.29, 1.82) is 0 Å². The first kappa shape index (κ1) is 13.2. The summed E-state index contributed by atoms with van der Waals surface area (Å²) in [6.07, 6.45) is 0. The Balaban J connectivity index is 1.92. The van der Waals surface area contributed by atoms with E-state index in [9.17, 15) is 4.79 Å². The van der Waals surface area contributed by atoms with Crippen molar-refractivity contribution in [3.05, 3.63) is 23.8 Å². The number of anilines is 2. The first-order valence-electron chi connectivity index (χ1n) is 6.12. The molecule has 0 bridgehead atoms. The molecule has 1 heterocycles. The summed E-state index contributed by atoms with van der Waals surface area (Å²) in [5, 5.41) is 2.93. The van der Waals surface area contributed by atoms with Crippen LogP contribution in [0.25, 0.3) is 0 Å². The fourth-order valence-electron chi connectivity index (χ4n) is 1.94. The average Bonchev–Trinajstić information content (AvgIpc) is 2.36. The Kier molecular flexibility index (Phi) is 4.49. The largest absolute Gasteiger partial charge is 0.398 e. The van der Waals surface area contributed by atoms with E-state index in [1.165, 1.54) is 0 Å². The van der Waals surface area contributed by atoms with E-state index in [1.54, 1.807) is 0 Å². The molecule has 5 heteroatoms. The second-order valence-corrected chi connectivity index (χ2v) is 5.68. The van der Waals surface area contributed by atoms with Crippen molar-refractivity contribution in [3.63, 3.8) is 0 Å². The first-order chi connectivity index (χ1) is 8.66. The van der Waals surface area contributed by atoms with Crippen LogP contribution in [-0.4, -0.2) is 41.9 Å². The highest BCUT2D eigenvalue weighted by atomic mass is 32.2. The Labute approximate surface area is 112 Å². The summed E-state index contributed by atoms with van der Waals surface area (Å²) in [5.41, 5.74) is 8.27. The smallest absolute Gasteiger partial charge is 0.238 e. The maximum Gasteiger partial charge on any atom is 0.238 e. The predicted octanol–water partition coefficient (Wildman–Crippen LogP) is 1.56. The summed E-state index contributed by atoms with van der Waals surface area (Å²) < 4.78 is 0. The molecule has 1 aromatic carbocycles. The van der Waals surface area contributed by atoms with Crippen LogP contribution in [-0.2, 0) is 4.79 Å². The number of carbonyl (C=O) groups excluding carboxylic acids is 1. The molecule has 1 aromatic rings. The van der Waals surface area contributed by atoms with Gasteiger partial charge in [-0.15, -0.1) is 0 Å². The Hall–Kier alpha value is -1.20. The number of amides is 1. The van der Waals surface area contributed by atoms with Gasteiger partial charge in [0.25, 0.3) is 0 Å². The molecule has 3 N–H and O–H groups in total. The molecule has 4 nitrogen and oxygen atoms in total. The van der Waals surface area contributed by atoms with Crippen LogP contribution in [0, 0.1) is 6.92 Å². The average molecular weight is 265 g/mol. The molecule has 0 saturated carbocycles. The van der Waals surface area contributed by atoms with E-state index in [0.29, 0.717) is 12.2 Å². The zero-order valence-corrected chi connectivity index (χ0v) is 11.4. The minimum Gasteiger partial charge on any atom is -0.398 e. The molecule has 0 aromatic heterocycles. The van der Waals surface area contributed by atoms with Gasteiger partial charge in [0.1, 0.15) is 0 Å². The fourth-order valence-corrected chi connectivity index (χ4v) is 2.92. The van der Waals surface area contributed by atoms with Gasteiger partial charge in [-0.1, -0.05) is 6.07 Å². The Bertz CT molecular complexity index is 430. The van der Waals surface area contributed by atoms with E-state index in [2.05, 4.69) is 10.2 Å². The Morgan fingerprint density at radius 2 is 2.17 bits per heavy atom. The SMILES string of the molecule is Cc1c(N)cccc1NC(=O)CN1CCSCC1. The summed E-state index contributed by atoms with van der Waals surface area (Å²) in [4.78, 5) is 14.1. The molecule has 1 amide bonds. The molecule has 0 spiro atoms. The molecule has 2 rings (SSSR count). The van der Waals surface area contributed by atoms with Gasteiger partial charge >= 0.3 is 0 Å². The highest BCUT2D eigenvalue weighted by molar-refractivity contribution is 7.99. The van der Waals surface area contributed by atoms with Gasteiger partial charge in [-0.3, -0.25) is 9.69 Å². The zero-order chi connectivity index (χ0) is 13.0. The van der Waals surface area contributed by atoms with Gasteiger partial charge in [-0.2, -0.15) is 11.8 Å². The number of nitrogen functional groups attached to an aromatic ring is 1. The normalized spacial score (nSPS) is 16.5. The van der Waals surface area contributed by atoms with E-state index in [4.69, 9.17) is 5.73 Å². The standard InChI is InChI=1S/C13H19N3OS/c1-10-11(14)3-2-4-12(10)15-13(17)9-16-5-7-18-8-6-16/h2-4H,5-9,14H2,1H3,(H,15,17). The van der Waals surface area contributed by atoms with Crippen molar-refractivity contribution in [2.45, 2.75) is 6.92 Å². The van der Waals surface area contributed by atoms with Crippen molar-refractivity contribution >= 4 is 29.0 Å². The minimum atomic E-state index is 0.0376. The summed E-state index contributed by atoms with van der Waals surface area (Å²) in [7, 11) is 0. The number of nitrogens with two attached hydrogens (primary N) is 1. The third-order valence-electron chi connectivity index (χ3n) is 3.12. The van der Waals surface area contributed by atoms with Crippen LogP contribution in [0.3, 0.4) is 0 Å². The summed E-state index contributed by atoms with van der Waals surface area (Å²) in [6.45, 7) is 4.37. The molecular formula is C13H19N3OS. The van der Waals surface area contributed by atoms with Crippen LogP contribution in [0.4, 0.5) is 11.4 Å². The van der Waals surface area contributed by atoms with E-state index in [1.807, 2.05) is 36.9 Å². The Morgan fingerprint density at radius 3 is 2.89 bits per heavy atom. The van der Waals surface area contributed by atoms with Gasteiger partial charge in [0.05, 0.1) is 6.54 Å². The zero-order valence-electron chi connectivity index (χ0n) is 10.6. The highest BCUT2D eigenvalue weighted by Gasteiger charge is 2.14. The lowest BCUT2D eigenvalue weighted by Gasteiger charge is -2.25. The number of nitrogens with zero attached hydrogens (tertiary/aromatic N) is 1. The third-order valence-corrected chi connectivity index (χ3v) is 4.06. The van der Waals surface area contributed by atoms with Crippen LogP contribution in [0.1, 0.15) is 5.56 Å². The first-order valence-corrected chi connectivity index (χ1v) is 7.27. The van der Waals surface area contributed by atoms with Crippen molar-refractivity contribution in [1.82, 2.24) is 4.90 Å². The predicted molar refractivity (Wildman–Crippen MR) is 78.0 cm³/mol. The molecule has 1 aliphatic heterocycles. The van der Waals surface area contributed by atoms with Gasteiger partial charge in [0.2, 0.25) is 5.91 Å². The molecule has 1 fully saturated rings. The monoisotopic (exact) mass is 265 g/mol. The number of carbonyl (C=O) groups is 1. The maximum absolute atomic E-state index is 11.9. The van der Waals surface area contributed by atoms with Crippen molar-refractivity contribution in [2.24, 2.45) is 0 Å². The minimum absolute atomic E-state index is 0.0376. The number of rotatable bonds is 3. The number of thioether (sulfide) groups is 1. The number of nitrogens with one attached hydrogen (secondary N) is 1. The van der Waals surface area contributed by atoms with Gasteiger partial charge in [-0.05, 0) is 24.6 Å². The number of hydrogen-bond acceptors (Lipinski definition) is 4. The second-order valence-electron chi connectivity index (χ2n) is 4.46. The van der Waals surface area contributed by atoms with Crippen molar-refractivity contribution in [3.8, 4) is 0 Å². The van der Waals surface area contributed by atoms with Gasteiger partial charge < -0.3 is 11.1 Å². The second kappa shape index (κ2) is 6.11. The van der Waals surface area contributed by atoms with E-state index >= 15 is 0 Å². The van der Waals surface area contributed by atoms with Gasteiger partial charge in [0, 0.05) is 36.0 Å². The van der Waals surface area contributed by atoms with Crippen molar-refractivity contribution in [2.75, 3.05) is 42.2 Å². The van der Waals surface area contributed by atoms with E-state index in [-0.39, 0.29) is 5.91 Å². The van der Waals surface area contributed by atoms with Crippen LogP contribution in [0.15, 0.2) is 18.2 Å². The quantitative estimate of drug-likeness (QED) is 0.814. The van der Waals surface area contributed by atoms with Crippen LogP contribution in [0.5, 0.6) is 0 Å². The van der Waals surface area contributed by atoms with Crippen molar-refractivity contribution < 1.29 is 4.79 Å². The van der Waals surface area contributed by atoms with Crippen LogP contribution >= 0.6 is 11.8 Å². The molecule has 0 aliphatic carbocycles. The molecular weight excluding hydrogens is 246 g/mol. The van der Waals surface area contributed by atoms with Crippen LogP contribution in [0.2, 0.25) is 0 Å². The molecule has 1 saturated heterocycles.